The van der Waals surface area contributed by atoms with Crippen LogP contribution in [0.4, 0.5) is 0 Å². The molecule has 2 heteroatoms. The minimum Gasteiger partial charge on any atom is -0.331 e. The zero-order valence-electron chi connectivity index (χ0n) is 14.3. The van der Waals surface area contributed by atoms with E-state index in [1.807, 2.05) is 0 Å². The molecule has 2 N–H and O–H groups in total. The van der Waals surface area contributed by atoms with Crippen LogP contribution >= 0.6 is 0 Å². The van der Waals surface area contributed by atoms with E-state index in [-0.39, 0.29) is 0 Å². The number of nitrogens with one attached hydrogen (secondary N) is 2. The van der Waals surface area contributed by atoms with Gasteiger partial charge in [0.25, 0.3) is 0 Å². The molecule has 122 valence electrons. The van der Waals surface area contributed by atoms with Gasteiger partial charge in [0.15, 0.2) is 0 Å². The quantitative estimate of drug-likeness (QED) is 0.797. The average Bonchev–Trinajstić information content (AvgIpc) is 2.62. The summed E-state index contributed by atoms with van der Waals surface area (Å²) in [6.45, 7) is 8.56. The molecule has 0 aliphatic carbocycles. The van der Waals surface area contributed by atoms with E-state index in [1.54, 1.807) is 9.80 Å². The third-order valence-electron chi connectivity index (χ3n) is 5.30. The van der Waals surface area contributed by atoms with Crippen molar-refractivity contribution in [3.05, 3.63) is 71.8 Å². The van der Waals surface area contributed by atoms with Gasteiger partial charge in [0.2, 0.25) is 0 Å². The minimum atomic E-state index is 0.833. The summed E-state index contributed by atoms with van der Waals surface area (Å²) in [6.07, 6.45) is 2.72. The lowest BCUT2D eigenvalue weighted by atomic mass is 10.0. The van der Waals surface area contributed by atoms with Gasteiger partial charge < -0.3 is 9.80 Å². The van der Waals surface area contributed by atoms with Crippen molar-refractivity contribution in [3.8, 4) is 0 Å². The van der Waals surface area contributed by atoms with Crippen molar-refractivity contribution in [2.45, 2.75) is 38.9 Å². The molecule has 1 heterocycles. The van der Waals surface area contributed by atoms with Crippen molar-refractivity contribution in [2.75, 3.05) is 19.6 Å². The van der Waals surface area contributed by atoms with Crippen LogP contribution in [0.15, 0.2) is 60.7 Å². The Morgan fingerprint density at radius 3 is 2.00 bits per heavy atom. The summed E-state index contributed by atoms with van der Waals surface area (Å²) < 4.78 is 0. The first kappa shape index (κ1) is 16.2. The molecule has 3 rings (SSSR count). The van der Waals surface area contributed by atoms with Crippen LogP contribution < -0.4 is 9.80 Å². The third-order valence-corrected chi connectivity index (χ3v) is 5.30. The minimum absolute atomic E-state index is 0.833. The lowest BCUT2D eigenvalue weighted by molar-refractivity contribution is -0.969. The van der Waals surface area contributed by atoms with Gasteiger partial charge in [-0.1, -0.05) is 60.7 Å². The van der Waals surface area contributed by atoms with Crippen molar-refractivity contribution in [2.24, 2.45) is 0 Å². The fourth-order valence-electron chi connectivity index (χ4n) is 3.91. The van der Waals surface area contributed by atoms with Crippen molar-refractivity contribution in [1.82, 2.24) is 0 Å². The maximum atomic E-state index is 2.33. The van der Waals surface area contributed by atoms with E-state index in [1.165, 1.54) is 56.7 Å². The van der Waals surface area contributed by atoms with Crippen LogP contribution in [0.1, 0.15) is 30.9 Å². The van der Waals surface area contributed by atoms with Gasteiger partial charge in [-0.3, -0.25) is 0 Å². The maximum absolute atomic E-state index is 2.33. The Kier molecular flexibility index (Phi) is 5.84. The zero-order valence-corrected chi connectivity index (χ0v) is 14.3. The van der Waals surface area contributed by atoms with Gasteiger partial charge in [-0.05, 0) is 6.92 Å². The van der Waals surface area contributed by atoms with Crippen molar-refractivity contribution in [1.29, 1.82) is 0 Å². The Hall–Kier alpha value is -1.64. The maximum Gasteiger partial charge on any atom is 0.103 e. The Bertz CT molecular complexity index is 559. The van der Waals surface area contributed by atoms with Gasteiger partial charge in [-0.15, -0.1) is 0 Å². The molecule has 1 aliphatic rings. The van der Waals surface area contributed by atoms with Crippen molar-refractivity contribution < 1.29 is 9.80 Å². The molecule has 0 spiro atoms. The van der Waals surface area contributed by atoms with E-state index < -0.39 is 0 Å². The van der Waals surface area contributed by atoms with Gasteiger partial charge in [0.1, 0.15) is 13.1 Å². The monoisotopic (exact) mass is 310 g/mol. The third kappa shape index (κ3) is 4.66. The standard InChI is InChI=1S/C21H28N2/c1-2-23(18-20-11-7-4-8-12-20)21-13-15-22(16-14-21)17-19-9-5-3-6-10-19/h3-12,21H,2,13-18H2,1H3/p+2. The fraction of sp³-hybridized carbons (Fsp3) is 0.429. The van der Waals surface area contributed by atoms with Gasteiger partial charge in [-0.2, -0.15) is 0 Å². The molecule has 1 atom stereocenters. The lowest BCUT2D eigenvalue weighted by Gasteiger charge is -2.34. The van der Waals surface area contributed by atoms with Crippen LogP contribution in [0.3, 0.4) is 0 Å². The Labute approximate surface area is 140 Å². The highest BCUT2D eigenvalue weighted by Gasteiger charge is 2.29. The van der Waals surface area contributed by atoms with Gasteiger partial charge >= 0.3 is 0 Å². The van der Waals surface area contributed by atoms with E-state index in [4.69, 9.17) is 0 Å². The molecular formula is C21H30N2+2. The number of hydrogen-bond donors (Lipinski definition) is 2. The van der Waals surface area contributed by atoms with E-state index in [0.717, 1.165) is 6.04 Å². The summed E-state index contributed by atoms with van der Waals surface area (Å²) in [5, 5.41) is 0. The van der Waals surface area contributed by atoms with E-state index in [9.17, 15) is 0 Å². The predicted octanol–water partition coefficient (Wildman–Crippen LogP) is 1.34. The number of piperidine rings is 1. The molecule has 0 radical (unpaired) electrons. The molecule has 0 bridgehead atoms. The topological polar surface area (TPSA) is 8.88 Å². The SMILES string of the molecule is CC[NH+](Cc1ccccc1)C1CC[NH+](Cc2ccccc2)CC1. The molecule has 0 saturated carbocycles. The molecule has 0 aromatic heterocycles. The number of benzene rings is 2. The molecule has 2 aromatic rings. The van der Waals surface area contributed by atoms with Crippen LogP contribution in [-0.4, -0.2) is 25.7 Å². The van der Waals surface area contributed by atoms with Crippen LogP contribution in [0.25, 0.3) is 0 Å². The first-order valence-corrected chi connectivity index (χ1v) is 9.11. The summed E-state index contributed by atoms with van der Waals surface area (Å²) in [5.41, 5.74) is 2.95. The molecular weight excluding hydrogens is 280 g/mol. The Morgan fingerprint density at radius 2 is 1.43 bits per heavy atom. The molecule has 2 aromatic carbocycles. The summed E-state index contributed by atoms with van der Waals surface area (Å²) in [7, 11) is 0. The number of likely N-dealkylation sites (tertiary alicyclic amines) is 1. The fourth-order valence-corrected chi connectivity index (χ4v) is 3.91. The highest BCUT2D eigenvalue weighted by molar-refractivity contribution is 5.13. The van der Waals surface area contributed by atoms with Crippen molar-refractivity contribution in [3.63, 3.8) is 0 Å². The number of quaternary nitrogens is 2. The largest absolute Gasteiger partial charge is 0.331 e. The second kappa shape index (κ2) is 8.28. The highest BCUT2D eigenvalue weighted by atomic mass is 15.2. The van der Waals surface area contributed by atoms with Gasteiger partial charge in [-0.25, -0.2) is 0 Å². The van der Waals surface area contributed by atoms with Gasteiger partial charge in [0, 0.05) is 24.0 Å². The number of hydrogen-bond acceptors (Lipinski definition) is 0. The Morgan fingerprint density at radius 1 is 0.870 bits per heavy atom. The highest BCUT2D eigenvalue weighted by Crippen LogP contribution is 2.01. The first-order valence-electron chi connectivity index (χ1n) is 9.11. The van der Waals surface area contributed by atoms with Crippen LogP contribution in [0.2, 0.25) is 0 Å². The molecule has 1 unspecified atom stereocenters. The summed E-state index contributed by atoms with van der Waals surface area (Å²) in [4.78, 5) is 3.51. The zero-order chi connectivity index (χ0) is 15.9. The second-order valence-corrected chi connectivity index (χ2v) is 6.86. The van der Waals surface area contributed by atoms with E-state index in [2.05, 4.69) is 67.6 Å². The number of rotatable bonds is 6. The lowest BCUT2D eigenvalue weighted by Crippen LogP contribution is -3.19. The normalized spacial score (nSPS) is 22.7. The first-order chi connectivity index (χ1) is 11.3. The summed E-state index contributed by atoms with van der Waals surface area (Å²) >= 11 is 0. The predicted molar refractivity (Wildman–Crippen MR) is 95.5 cm³/mol. The van der Waals surface area contributed by atoms with E-state index >= 15 is 0 Å². The molecule has 23 heavy (non-hydrogen) atoms. The molecule has 2 nitrogen and oxygen atoms in total. The average molecular weight is 310 g/mol. The summed E-state index contributed by atoms with van der Waals surface area (Å²) in [6, 6.07) is 22.8. The van der Waals surface area contributed by atoms with Gasteiger partial charge in [0.05, 0.1) is 25.7 Å². The van der Waals surface area contributed by atoms with Crippen molar-refractivity contribution >= 4 is 0 Å². The smallest absolute Gasteiger partial charge is 0.103 e. The summed E-state index contributed by atoms with van der Waals surface area (Å²) in [5.74, 6) is 0. The van der Waals surface area contributed by atoms with Crippen LogP contribution in [0.5, 0.6) is 0 Å². The second-order valence-electron chi connectivity index (χ2n) is 6.86. The van der Waals surface area contributed by atoms with Crippen LogP contribution in [-0.2, 0) is 13.1 Å². The van der Waals surface area contributed by atoms with Crippen LogP contribution in [0, 0.1) is 0 Å². The molecule has 1 aliphatic heterocycles. The Balaban J connectivity index is 1.51. The molecule has 1 saturated heterocycles. The molecule has 1 fully saturated rings. The molecule has 0 amide bonds. The van der Waals surface area contributed by atoms with E-state index in [0.29, 0.717) is 0 Å².